The van der Waals surface area contributed by atoms with Gasteiger partial charge < -0.3 is 25.4 Å². The first-order chi connectivity index (χ1) is 20.7. The molecule has 3 amide bonds. The topological polar surface area (TPSA) is 106 Å². The van der Waals surface area contributed by atoms with Crippen LogP contribution >= 0.6 is 27.7 Å². The van der Waals surface area contributed by atoms with Crippen LogP contribution in [0.3, 0.4) is 0 Å². The molecule has 10 heteroatoms. The first kappa shape index (κ1) is 31.4. The van der Waals surface area contributed by atoms with Gasteiger partial charge in [-0.05, 0) is 61.0 Å². The molecule has 0 aliphatic carbocycles. The van der Waals surface area contributed by atoms with Gasteiger partial charge in [0.15, 0.2) is 0 Å². The average Bonchev–Trinajstić information content (AvgIpc) is 3.01. The summed E-state index contributed by atoms with van der Waals surface area (Å²) >= 11 is 4.78. The van der Waals surface area contributed by atoms with Gasteiger partial charge in [0, 0.05) is 44.5 Å². The Labute approximate surface area is 263 Å². The largest absolute Gasteiger partial charge is 0.497 e. The third-order valence-electron chi connectivity index (χ3n) is 6.08. The molecule has 220 valence electrons. The number of nitrogens with one attached hydrogen (secondary N) is 3. The van der Waals surface area contributed by atoms with Gasteiger partial charge in [0.05, 0.1) is 19.5 Å². The molecule has 0 saturated carbocycles. The fourth-order valence-electron chi connectivity index (χ4n) is 3.93. The highest BCUT2D eigenvalue weighted by Gasteiger charge is 2.18. The van der Waals surface area contributed by atoms with Crippen molar-refractivity contribution in [3.05, 3.63) is 118 Å². The molecule has 43 heavy (non-hydrogen) atoms. The molecule has 4 aromatic carbocycles. The van der Waals surface area contributed by atoms with Crippen molar-refractivity contribution in [2.75, 3.05) is 24.9 Å². The number of carbonyl (C=O) groups excluding carboxylic acids is 3. The zero-order valence-electron chi connectivity index (χ0n) is 23.7. The lowest BCUT2D eigenvalue weighted by Crippen LogP contribution is -2.30. The molecule has 3 N–H and O–H groups in total. The normalized spacial score (nSPS) is 11.7. The van der Waals surface area contributed by atoms with Gasteiger partial charge in [-0.15, -0.1) is 11.8 Å². The van der Waals surface area contributed by atoms with Gasteiger partial charge >= 0.3 is 0 Å². The monoisotopic (exact) mass is 659 g/mol. The molecule has 1 atom stereocenters. The van der Waals surface area contributed by atoms with E-state index >= 15 is 0 Å². The van der Waals surface area contributed by atoms with E-state index in [2.05, 4.69) is 31.9 Å². The third-order valence-corrected chi connectivity index (χ3v) is 7.67. The average molecular weight is 661 g/mol. The fraction of sp³-hybridized carbons (Fsp3) is 0.121. The Hall–Kier alpha value is -4.54. The summed E-state index contributed by atoms with van der Waals surface area (Å²) < 4.78 is 11.4. The third kappa shape index (κ3) is 9.22. The van der Waals surface area contributed by atoms with Crippen molar-refractivity contribution in [2.24, 2.45) is 0 Å². The number of benzene rings is 4. The first-order valence-corrected chi connectivity index (χ1v) is 14.9. The lowest BCUT2D eigenvalue weighted by atomic mass is 10.1. The maximum Gasteiger partial charge on any atom is 0.272 e. The number of hydrogen-bond donors (Lipinski definition) is 3. The summed E-state index contributed by atoms with van der Waals surface area (Å²) in [6.45, 7) is 1.79. The lowest BCUT2D eigenvalue weighted by Gasteiger charge is -2.15. The van der Waals surface area contributed by atoms with Crippen LogP contribution in [0, 0.1) is 0 Å². The van der Waals surface area contributed by atoms with E-state index in [-0.39, 0.29) is 11.6 Å². The molecule has 0 aliphatic rings. The first-order valence-electron chi connectivity index (χ1n) is 13.2. The van der Waals surface area contributed by atoms with E-state index < -0.39 is 17.1 Å². The minimum Gasteiger partial charge on any atom is -0.497 e. The van der Waals surface area contributed by atoms with Gasteiger partial charge in [0.2, 0.25) is 5.91 Å². The SMILES string of the molecule is COc1cc(NC(=O)C(C)Sc2cccc(NC(=O)/C(=C\c3cccc(Br)c3)NC(=O)c3ccccc3)c2)cc(OC)c1. The molecule has 0 bridgehead atoms. The maximum atomic E-state index is 13.4. The second kappa shape index (κ2) is 15.1. The molecule has 0 aromatic heterocycles. The second-order valence-corrected chi connectivity index (χ2v) is 11.6. The van der Waals surface area contributed by atoms with Crippen LogP contribution in [0.2, 0.25) is 0 Å². The van der Waals surface area contributed by atoms with Crippen molar-refractivity contribution in [1.82, 2.24) is 5.32 Å². The van der Waals surface area contributed by atoms with Crippen LogP contribution in [0.15, 0.2) is 112 Å². The van der Waals surface area contributed by atoms with Gasteiger partial charge in [-0.2, -0.15) is 0 Å². The van der Waals surface area contributed by atoms with E-state index in [9.17, 15) is 14.4 Å². The quantitative estimate of drug-likeness (QED) is 0.118. The molecule has 4 rings (SSSR count). The number of anilines is 2. The van der Waals surface area contributed by atoms with E-state index in [4.69, 9.17) is 9.47 Å². The van der Waals surface area contributed by atoms with Crippen molar-refractivity contribution >= 4 is 62.9 Å². The fourth-order valence-corrected chi connectivity index (χ4v) is 5.28. The zero-order chi connectivity index (χ0) is 30.8. The minimum atomic E-state index is -0.496. The Morgan fingerprint density at radius 3 is 2.16 bits per heavy atom. The molecule has 0 fully saturated rings. The van der Waals surface area contributed by atoms with Gasteiger partial charge in [0.1, 0.15) is 17.2 Å². The van der Waals surface area contributed by atoms with Crippen molar-refractivity contribution in [1.29, 1.82) is 0 Å². The van der Waals surface area contributed by atoms with E-state index in [1.54, 1.807) is 87.9 Å². The van der Waals surface area contributed by atoms with Gasteiger partial charge in [-0.1, -0.05) is 52.3 Å². The lowest BCUT2D eigenvalue weighted by molar-refractivity contribution is -0.115. The van der Waals surface area contributed by atoms with E-state index in [1.807, 2.05) is 36.4 Å². The summed E-state index contributed by atoms with van der Waals surface area (Å²) in [5.74, 6) is 0.00919. The zero-order valence-corrected chi connectivity index (χ0v) is 26.1. The Balaban J connectivity index is 1.47. The molecule has 8 nitrogen and oxygen atoms in total. The molecule has 0 spiro atoms. The van der Waals surface area contributed by atoms with E-state index in [1.165, 1.54) is 11.8 Å². The van der Waals surface area contributed by atoms with Crippen molar-refractivity contribution < 1.29 is 23.9 Å². The molecule has 4 aromatic rings. The summed E-state index contributed by atoms with van der Waals surface area (Å²) in [5.41, 5.74) is 2.29. The number of hydrogen-bond acceptors (Lipinski definition) is 6. The highest BCUT2D eigenvalue weighted by molar-refractivity contribution is 9.10. The number of methoxy groups -OCH3 is 2. The molecule has 0 aliphatic heterocycles. The molecule has 0 saturated heterocycles. The minimum absolute atomic E-state index is 0.0754. The summed E-state index contributed by atoms with van der Waals surface area (Å²) in [6, 6.07) is 28.4. The van der Waals surface area contributed by atoms with Crippen molar-refractivity contribution in [3.8, 4) is 11.5 Å². The van der Waals surface area contributed by atoms with Gasteiger partial charge in [-0.3, -0.25) is 14.4 Å². The second-order valence-electron chi connectivity index (χ2n) is 9.27. The molecule has 0 heterocycles. The summed E-state index contributed by atoms with van der Waals surface area (Å²) in [5, 5.41) is 8.04. The van der Waals surface area contributed by atoms with Crippen molar-refractivity contribution in [2.45, 2.75) is 17.1 Å². The molecular weight excluding hydrogens is 630 g/mol. The number of thioether (sulfide) groups is 1. The Kier molecular flexibility index (Phi) is 11.0. The van der Waals surface area contributed by atoms with Crippen LogP contribution in [-0.2, 0) is 9.59 Å². The van der Waals surface area contributed by atoms with Crippen LogP contribution < -0.4 is 25.4 Å². The van der Waals surface area contributed by atoms with Crippen LogP contribution in [0.4, 0.5) is 11.4 Å². The van der Waals surface area contributed by atoms with E-state index in [0.717, 1.165) is 14.9 Å². The predicted octanol–water partition coefficient (Wildman–Crippen LogP) is 7.00. The van der Waals surface area contributed by atoms with E-state index in [0.29, 0.717) is 28.4 Å². The predicted molar refractivity (Wildman–Crippen MR) is 175 cm³/mol. The number of halogens is 1. The van der Waals surface area contributed by atoms with Crippen LogP contribution in [0.5, 0.6) is 11.5 Å². The molecular formula is C33H30BrN3O5S. The molecule has 0 radical (unpaired) electrons. The number of amides is 3. The van der Waals surface area contributed by atoms with Crippen LogP contribution in [-0.4, -0.2) is 37.2 Å². The van der Waals surface area contributed by atoms with Gasteiger partial charge in [-0.25, -0.2) is 0 Å². The summed E-state index contributed by atoms with van der Waals surface area (Å²) in [7, 11) is 3.09. The molecule has 1 unspecified atom stereocenters. The Morgan fingerprint density at radius 1 is 0.791 bits per heavy atom. The van der Waals surface area contributed by atoms with Crippen molar-refractivity contribution in [3.63, 3.8) is 0 Å². The number of rotatable bonds is 11. The Morgan fingerprint density at radius 2 is 1.49 bits per heavy atom. The standard InChI is InChI=1S/C33H30BrN3O5S/c1-21(31(38)36-26-17-27(41-2)20-28(18-26)42-3)43-29-14-8-13-25(19-29)35-33(40)30(16-22-9-7-12-24(34)15-22)37-32(39)23-10-5-4-6-11-23/h4-21H,1-3H3,(H,35,40)(H,36,38)(H,37,39)/b30-16+. The van der Waals surface area contributed by atoms with Crippen LogP contribution in [0.1, 0.15) is 22.8 Å². The number of carbonyl (C=O) groups is 3. The Bertz CT molecular complexity index is 1620. The highest BCUT2D eigenvalue weighted by Crippen LogP contribution is 2.29. The highest BCUT2D eigenvalue weighted by atomic mass is 79.9. The van der Waals surface area contributed by atoms with Gasteiger partial charge in [0.25, 0.3) is 11.8 Å². The summed E-state index contributed by atoms with van der Waals surface area (Å²) in [6.07, 6.45) is 1.61. The number of ether oxygens (including phenoxy) is 2. The smallest absolute Gasteiger partial charge is 0.272 e. The maximum absolute atomic E-state index is 13.4. The summed E-state index contributed by atoms with van der Waals surface area (Å²) in [4.78, 5) is 40.1. The van der Waals surface area contributed by atoms with Crippen LogP contribution in [0.25, 0.3) is 6.08 Å².